The molecule has 1 aliphatic carbocycles. The summed E-state index contributed by atoms with van der Waals surface area (Å²) in [6, 6.07) is -0.663. The molecule has 3 heterocycles. The van der Waals surface area contributed by atoms with Crippen molar-refractivity contribution in [1.29, 1.82) is 0 Å². The van der Waals surface area contributed by atoms with Crippen LogP contribution in [0, 0.1) is 11.8 Å². The minimum Gasteiger partial charge on any atom is -0.436 e. The number of nitrogens with one attached hydrogen (secondary N) is 2. The van der Waals surface area contributed by atoms with E-state index >= 15 is 0 Å². The normalized spacial score (nSPS) is 28.2. The Morgan fingerprint density at radius 2 is 1.81 bits per heavy atom. The smallest absolute Gasteiger partial charge is 0.408 e. The third-order valence-electron chi connectivity index (χ3n) is 8.27. The van der Waals surface area contributed by atoms with Gasteiger partial charge in [-0.1, -0.05) is 31.1 Å². The summed E-state index contributed by atoms with van der Waals surface area (Å²) in [6.45, 7) is 12.5. The average molecular weight is 628 g/mol. The number of thiazole rings is 1. The Hall–Kier alpha value is -2.38. The highest BCUT2D eigenvalue weighted by molar-refractivity contribution is 7.15. The molecule has 43 heavy (non-hydrogen) atoms. The van der Waals surface area contributed by atoms with Crippen LogP contribution in [0.4, 0.5) is 18.7 Å². The van der Waals surface area contributed by atoms with Crippen LogP contribution in [0.5, 0.6) is 0 Å². The molecule has 1 saturated carbocycles. The molecule has 2 unspecified atom stereocenters. The first-order chi connectivity index (χ1) is 20.1. The fourth-order valence-electron chi connectivity index (χ4n) is 6.23. The number of carbonyl (C=O) groups excluding carboxylic acids is 3. The zero-order chi connectivity index (χ0) is 31.5. The fourth-order valence-corrected chi connectivity index (χ4v) is 7.16. The summed E-state index contributed by atoms with van der Waals surface area (Å²) in [4.78, 5) is 47.6. The van der Waals surface area contributed by atoms with Crippen LogP contribution in [0.1, 0.15) is 91.0 Å². The highest BCUT2D eigenvalue weighted by Gasteiger charge is 2.43. The van der Waals surface area contributed by atoms with Crippen LogP contribution in [0.3, 0.4) is 0 Å². The molecule has 1 aromatic rings. The van der Waals surface area contributed by atoms with Gasteiger partial charge < -0.3 is 19.7 Å². The monoisotopic (exact) mass is 627 g/mol. The van der Waals surface area contributed by atoms with Crippen molar-refractivity contribution in [1.82, 2.24) is 20.1 Å². The van der Waals surface area contributed by atoms with Crippen LogP contribution >= 0.6 is 11.3 Å². The molecule has 13 heteroatoms. The number of alkyl carbamates (subject to hydrolysis) is 1. The number of morpholine rings is 1. The Balaban J connectivity index is 1.54. The molecule has 242 valence electrons. The molecular formula is C30H47F2N5O5S. The van der Waals surface area contributed by atoms with Crippen molar-refractivity contribution in [2.75, 3.05) is 31.5 Å². The lowest BCUT2D eigenvalue weighted by atomic mass is 9.80. The van der Waals surface area contributed by atoms with Gasteiger partial charge >= 0.3 is 6.09 Å². The second-order valence-electron chi connectivity index (χ2n) is 13.6. The summed E-state index contributed by atoms with van der Waals surface area (Å²) in [5.74, 6) is -3.36. The quantitative estimate of drug-likeness (QED) is 0.407. The Bertz CT molecular complexity index is 1130. The van der Waals surface area contributed by atoms with E-state index in [-0.39, 0.29) is 35.6 Å². The summed E-state index contributed by atoms with van der Waals surface area (Å²) in [7, 11) is 0. The molecule has 0 bridgehead atoms. The van der Waals surface area contributed by atoms with Crippen LogP contribution in [-0.4, -0.2) is 88.6 Å². The molecule has 4 rings (SSSR count). The van der Waals surface area contributed by atoms with Crippen molar-refractivity contribution in [3.8, 4) is 0 Å². The zero-order valence-electron chi connectivity index (χ0n) is 26.2. The van der Waals surface area contributed by atoms with Crippen molar-refractivity contribution < 1.29 is 32.6 Å². The third-order valence-corrected chi connectivity index (χ3v) is 9.28. The molecule has 0 radical (unpaired) electrons. The van der Waals surface area contributed by atoms with Crippen molar-refractivity contribution in [2.24, 2.45) is 11.8 Å². The molecule has 0 aromatic carbocycles. The van der Waals surface area contributed by atoms with Crippen LogP contribution in [0.15, 0.2) is 6.20 Å². The number of halogens is 2. The van der Waals surface area contributed by atoms with Gasteiger partial charge in [0.15, 0.2) is 11.2 Å². The van der Waals surface area contributed by atoms with Crippen LogP contribution in [0.25, 0.3) is 0 Å². The Kier molecular flexibility index (Phi) is 10.7. The maximum Gasteiger partial charge on any atom is 0.408 e. The maximum atomic E-state index is 14.5. The molecule has 0 spiro atoms. The van der Waals surface area contributed by atoms with Crippen molar-refractivity contribution >= 4 is 34.4 Å². The molecule has 1 aromatic heterocycles. The molecular weight excluding hydrogens is 580 g/mol. The minimum absolute atomic E-state index is 0.0330. The molecule has 2 saturated heterocycles. The van der Waals surface area contributed by atoms with Gasteiger partial charge in [-0.25, -0.2) is 18.6 Å². The van der Waals surface area contributed by atoms with E-state index < -0.39 is 48.6 Å². The summed E-state index contributed by atoms with van der Waals surface area (Å²) < 4.78 is 40.6. The van der Waals surface area contributed by atoms with Gasteiger partial charge in [-0.3, -0.25) is 19.8 Å². The predicted molar refractivity (Wildman–Crippen MR) is 160 cm³/mol. The van der Waals surface area contributed by atoms with E-state index in [1.54, 1.807) is 6.20 Å². The second kappa shape index (κ2) is 13.7. The largest absolute Gasteiger partial charge is 0.436 e. The number of anilines is 1. The number of aromatic nitrogens is 1. The molecule has 3 aliphatic rings. The van der Waals surface area contributed by atoms with Gasteiger partial charge in [0.1, 0.15) is 0 Å². The van der Waals surface area contributed by atoms with Crippen molar-refractivity contribution in [3.05, 3.63) is 11.1 Å². The lowest BCUT2D eigenvalue weighted by Gasteiger charge is -2.42. The number of likely N-dealkylation sites (tertiary alicyclic amines) is 1. The van der Waals surface area contributed by atoms with Gasteiger partial charge in [0, 0.05) is 50.1 Å². The number of piperidine rings is 1. The molecule has 3 fully saturated rings. The Labute approximate surface area is 257 Å². The zero-order valence-corrected chi connectivity index (χ0v) is 27.0. The van der Waals surface area contributed by atoms with Gasteiger partial charge in [-0.2, -0.15) is 0 Å². The lowest BCUT2D eigenvalue weighted by molar-refractivity contribution is -0.153. The first-order valence-corrected chi connectivity index (χ1v) is 16.2. The van der Waals surface area contributed by atoms with Gasteiger partial charge in [-0.15, -0.1) is 0 Å². The first kappa shape index (κ1) is 33.5. The minimum atomic E-state index is -2.98. The van der Waals surface area contributed by atoms with E-state index in [9.17, 15) is 23.2 Å². The van der Waals surface area contributed by atoms with Crippen molar-refractivity contribution in [2.45, 2.75) is 116 Å². The van der Waals surface area contributed by atoms with Gasteiger partial charge in [-0.05, 0) is 53.4 Å². The van der Waals surface area contributed by atoms with E-state index in [1.165, 1.54) is 4.90 Å². The number of hydrogen-bond donors (Lipinski definition) is 2. The number of rotatable bonds is 8. The number of nitrogens with zero attached hydrogens (tertiary/aromatic N) is 3. The highest BCUT2D eigenvalue weighted by Crippen LogP contribution is 2.37. The van der Waals surface area contributed by atoms with Crippen LogP contribution < -0.4 is 10.6 Å². The van der Waals surface area contributed by atoms with E-state index in [0.717, 1.165) is 37.0 Å². The second-order valence-corrected chi connectivity index (χ2v) is 14.7. The molecule has 2 aliphatic heterocycles. The van der Waals surface area contributed by atoms with E-state index in [4.69, 9.17) is 9.47 Å². The first-order valence-electron chi connectivity index (χ1n) is 15.4. The lowest BCUT2D eigenvalue weighted by Crippen LogP contribution is -2.53. The van der Waals surface area contributed by atoms with Gasteiger partial charge in [0.05, 0.1) is 29.7 Å². The van der Waals surface area contributed by atoms with Crippen molar-refractivity contribution in [3.63, 3.8) is 0 Å². The van der Waals surface area contributed by atoms with E-state index in [1.807, 2.05) is 34.6 Å². The maximum absolute atomic E-state index is 14.5. The number of ether oxygens (including phenoxy) is 2. The predicted octanol–water partition coefficient (Wildman–Crippen LogP) is 5.21. The molecule has 2 N–H and O–H groups in total. The third kappa shape index (κ3) is 9.55. The summed E-state index contributed by atoms with van der Waals surface area (Å²) in [5.41, 5.74) is -0.531. The van der Waals surface area contributed by atoms with Gasteiger partial charge in [0.25, 0.3) is 11.8 Å². The van der Waals surface area contributed by atoms with Crippen LogP contribution in [0.2, 0.25) is 0 Å². The Morgan fingerprint density at radius 3 is 2.44 bits per heavy atom. The topological polar surface area (TPSA) is 113 Å². The number of carbonyl (C=O) groups is 3. The highest BCUT2D eigenvalue weighted by atomic mass is 32.1. The SMILES string of the molecule is CC1CCC(C(OC(=O)NC(C)(C)C)C(=O)Nc2ncc(C(CN3C[C@@H](C)O[C@H](C)C3)N3CC(F)(F)CCC3=O)s2)CC1. The van der Waals surface area contributed by atoms with E-state index in [2.05, 4.69) is 27.4 Å². The Morgan fingerprint density at radius 1 is 1.16 bits per heavy atom. The average Bonchev–Trinajstić information content (AvgIpc) is 3.34. The number of alkyl halides is 2. The fraction of sp³-hybridized carbons (Fsp3) is 0.800. The van der Waals surface area contributed by atoms with Gasteiger partial charge in [0.2, 0.25) is 5.91 Å². The molecule has 3 amide bonds. The van der Waals surface area contributed by atoms with Crippen LogP contribution in [-0.2, 0) is 19.1 Å². The van der Waals surface area contributed by atoms with E-state index in [0.29, 0.717) is 30.4 Å². The molecule has 10 nitrogen and oxygen atoms in total. The number of amides is 3. The summed E-state index contributed by atoms with van der Waals surface area (Å²) >= 11 is 1.15. The molecule has 4 atom stereocenters. The summed E-state index contributed by atoms with van der Waals surface area (Å²) in [5, 5.41) is 5.84. The standard InChI is InChI=1S/C30H47F2N5O5S/c1-18-7-9-21(10-8-18)25(42-28(40)35-29(4,5)6)26(39)34-27-33-13-23(43-27)22(16-36-14-19(2)41-20(3)15-36)37-17-30(31,32)12-11-24(37)38/h13,18-22,25H,7-12,14-17H2,1-6H3,(H,35,40)(H,33,34,39)/t18?,19-,20-,21?,22?,25?/m1/s1. The summed E-state index contributed by atoms with van der Waals surface area (Å²) in [6.07, 6.45) is 2.52. The number of hydrogen-bond acceptors (Lipinski definition) is 8.